The molecule has 0 fully saturated rings. The average Bonchev–Trinajstić information content (AvgIpc) is 2.78. The molecule has 100 valence electrons. The highest BCUT2D eigenvalue weighted by atomic mass is 16.5. The fourth-order valence-corrected chi connectivity index (χ4v) is 1.28. The Morgan fingerprint density at radius 2 is 2.28 bits per heavy atom. The Kier molecular flexibility index (Phi) is 5.25. The number of H-pyrrole nitrogens is 1. The summed E-state index contributed by atoms with van der Waals surface area (Å²) in [6.45, 7) is 1.85. The lowest BCUT2D eigenvalue weighted by atomic mass is 10.3. The number of aliphatic carboxylic acids is 1. The summed E-state index contributed by atoms with van der Waals surface area (Å²) in [4.78, 5) is 26.2. The molecule has 0 aliphatic rings. The second-order valence-electron chi connectivity index (χ2n) is 3.63. The lowest BCUT2D eigenvalue weighted by molar-refractivity contribution is -0.148. The number of carbonyl (C=O) groups is 2. The Balaban J connectivity index is 2.51. The van der Waals surface area contributed by atoms with Gasteiger partial charge < -0.3 is 15.2 Å². The predicted molar refractivity (Wildman–Crippen MR) is 61.1 cm³/mol. The monoisotopic (exact) mass is 256 g/mol. The minimum absolute atomic E-state index is 0.00121. The highest BCUT2D eigenvalue weighted by Gasteiger charge is 2.19. The first-order valence-corrected chi connectivity index (χ1v) is 5.53. The smallest absolute Gasteiger partial charge is 0.334 e. The van der Waals surface area contributed by atoms with Gasteiger partial charge in [0.05, 0.1) is 6.54 Å². The molecule has 1 rings (SSSR count). The third-order valence-electron chi connectivity index (χ3n) is 2.23. The molecule has 1 heterocycles. The van der Waals surface area contributed by atoms with E-state index in [4.69, 9.17) is 5.11 Å². The molecule has 1 amide bonds. The van der Waals surface area contributed by atoms with Crippen LogP contribution < -0.4 is 5.32 Å². The molecular formula is C10H16N4O4. The van der Waals surface area contributed by atoms with Gasteiger partial charge in [-0.1, -0.05) is 6.92 Å². The third-order valence-corrected chi connectivity index (χ3v) is 2.23. The van der Waals surface area contributed by atoms with Crippen LogP contribution in [0.3, 0.4) is 0 Å². The van der Waals surface area contributed by atoms with Crippen molar-refractivity contribution in [3.63, 3.8) is 0 Å². The van der Waals surface area contributed by atoms with E-state index >= 15 is 0 Å². The molecule has 8 nitrogen and oxygen atoms in total. The van der Waals surface area contributed by atoms with Crippen LogP contribution in [0.2, 0.25) is 0 Å². The number of rotatable bonds is 7. The van der Waals surface area contributed by atoms with E-state index in [2.05, 4.69) is 25.2 Å². The Labute approximate surface area is 104 Å². The van der Waals surface area contributed by atoms with Gasteiger partial charge in [-0.3, -0.25) is 9.89 Å². The highest BCUT2D eigenvalue weighted by Crippen LogP contribution is 1.97. The second-order valence-corrected chi connectivity index (χ2v) is 3.63. The number of nitrogens with one attached hydrogen (secondary N) is 2. The van der Waals surface area contributed by atoms with E-state index < -0.39 is 18.0 Å². The SMILES string of the molecule is CCCc1nc(C(=O)NCC(OC)C(=O)O)n[nH]1. The minimum atomic E-state index is -1.14. The van der Waals surface area contributed by atoms with Crippen molar-refractivity contribution < 1.29 is 19.4 Å². The van der Waals surface area contributed by atoms with Gasteiger partial charge >= 0.3 is 5.97 Å². The summed E-state index contributed by atoms with van der Waals surface area (Å²) in [5.41, 5.74) is 0. The quantitative estimate of drug-likeness (QED) is 0.610. The standard InChI is InChI=1S/C10H16N4O4/c1-3-4-7-12-8(14-13-7)9(15)11-5-6(18-2)10(16)17/h6H,3-5H2,1-2H3,(H,11,15)(H,16,17)(H,12,13,14). The largest absolute Gasteiger partial charge is 0.479 e. The summed E-state index contributed by atoms with van der Waals surface area (Å²) in [6, 6.07) is 0. The van der Waals surface area contributed by atoms with E-state index in [0.717, 1.165) is 6.42 Å². The van der Waals surface area contributed by atoms with Crippen molar-refractivity contribution in [2.24, 2.45) is 0 Å². The van der Waals surface area contributed by atoms with Gasteiger partial charge in [0.15, 0.2) is 6.10 Å². The van der Waals surface area contributed by atoms with Gasteiger partial charge in [0.25, 0.3) is 5.91 Å². The second kappa shape index (κ2) is 6.70. The molecule has 1 aromatic heterocycles. The molecule has 1 unspecified atom stereocenters. The van der Waals surface area contributed by atoms with Gasteiger partial charge in [0.1, 0.15) is 5.82 Å². The van der Waals surface area contributed by atoms with Gasteiger partial charge in [-0.15, -0.1) is 5.10 Å². The zero-order valence-corrected chi connectivity index (χ0v) is 10.3. The summed E-state index contributed by atoms with van der Waals surface area (Å²) < 4.78 is 4.68. The molecule has 0 saturated carbocycles. The van der Waals surface area contributed by atoms with E-state index in [0.29, 0.717) is 12.2 Å². The van der Waals surface area contributed by atoms with Crippen molar-refractivity contribution in [1.29, 1.82) is 0 Å². The topological polar surface area (TPSA) is 117 Å². The van der Waals surface area contributed by atoms with Gasteiger partial charge in [-0.25, -0.2) is 9.78 Å². The van der Waals surface area contributed by atoms with Crippen molar-refractivity contribution in [3.05, 3.63) is 11.6 Å². The molecule has 0 aliphatic heterocycles. The summed E-state index contributed by atoms with van der Waals surface area (Å²) in [5.74, 6) is -1.04. The Morgan fingerprint density at radius 3 is 2.83 bits per heavy atom. The number of nitrogens with zero attached hydrogens (tertiary/aromatic N) is 2. The number of carboxylic acid groups (broad SMARTS) is 1. The molecule has 0 radical (unpaired) electrons. The molecule has 0 aliphatic carbocycles. The zero-order valence-electron chi connectivity index (χ0n) is 10.3. The van der Waals surface area contributed by atoms with Gasteiger partial charge in [-0.05, 0) is 6.42 Å². The Bertz CT molecular complexity index is 418. The number of carboxylic acids is 1. The molecule has 8 heteroatoms. The number of aryl methyl sites for hydroxylation is 1. The summed E-state index contributed by atoms with van der Waals surface area (Å²) in [7, 11) is 1.26. The number of ether oxygens (including phenoxy) is 1. The summed E-state index contributed by atoms with van der Waals surface area (Å²) in [5, 5.41) is 17.5. The number of aromatic amines is 1. The maximum absolute atomic E-state index is 11.6. The summed E-state index contributed by atoms with van der Waals surface area (Å²) >= 11 is 0. The number of amides is 1. The van der Waals surface area contributed by atoms with Crippen LogP contribution in [-0.4, -0.2) is 51.9 Å². The van der Waals surface area contributed by atoms with E-state index in [1.54, 1.807) is 0 Å². The van der Waals surface area contributed by atoms with E-state index in [1.807, 2.05) is 6.92 Å². The van der Waals surface area contributed by atoms with Gasteiger partial charge in [0, 0.05) is 13.5 Å². The maximum atomic E-state index is 11.6. The highest BCUT2D eigenvalue weighted by molar-refractivity contribution is 5.90. The molecule has 0 bridgehead atoms. The normalized spacial score (nSPS) is 12.1. The van der Waals surface area contributed by atoms with Gasteiger partial charge in [-0.2, -0.15) is 0 Å². The van der Waals surface area contributed by atoms with Crippen molar-refractivity contribution >= 4 is 11.9 Å². The number of hydrogen-bond acceptors (Lipinski definition) is 5. The fourth-order valence-electron chi connectivity index (χ4n) is 1.28. The van der Waals surface area contributed by atoms with E-state index in [9.17, 15) is 9.59 Å². The molecule has 3 N–H and O–H groups in total. The van der Waals surface area contributed by atoms with Crippen molar-refractivity contribution in [3.8, 4) is 0 Å². The minimum Gasteiger partial charge on any atom is -0.479 e. The van der Waals surface area contributed by atoms with Crippen molar-refractivity contribution in [2.45, 2.75) is 25.9 Å². The number of aromatic nitrogens is 3. The van der Waals surface area contributed by atoms with Gasteiger partial charge in [0.2, 0.25) is 5.82 Å². The van der Waals surface area contributed by atoms with E-state index in [-0.39, 0.29) is 12.4 Å². The van der Waals surface area contributed by atoms with Crippen LogP contribution >= 0.6 is 0 Å². The Morgan fingerprint density at radius 1 is 1.56 bits per heavy atom. The maximum Gasteiger partial charge on any atom is 0.334 e. The molecule has 1 atom stereocenters. The molecule has 0 saturated heterocycles. The lowest BCUT2D eigenvalue weighted by Gasteiger charge is -2.10. The van der Waals surface area contributed by atoms with Crippen LogP contribution in [0.4, 0.5) is 0 Å². The number of carbonyl (C=O) groups excluding carboxylic acids is 1. The molecule has 1 aromatic rings. The molecule has 0 aromatic carbocycles. The summed E-state index contributed by atoms with van der Waals surface area (Å²) in [6.07, 6.45) is 0.514. The van der Waals surface area contributed by atoms with Crippen LogP contribution in [0.1, 0.15) is 29.8 Å². The predicted octanol–water partition coefficient (Wildman–Crippen LogP) is -0.413. The third kappa shape index (κ3) is 3.81. The first-order valence-electron chi connectivity index (χ1n) is 5.53. The Hall–Kier alpha value is -1.96. The van der Waals surface area contributed by atoms with E-state index in [1.165, 1.54) is 7.11 Å². The number of methoxy groups -OCH3 is 1. The zero-order chi connectivity index (χ0) is 13.5. The van der Waals surface area contributed by atoms with Crippen LogP contribution in [0.5, 0.6) is 0 Å². The van der Waals surface area contributed by atoms with Crippen molar-refractivity contribution in [2.75, 3.05) is 13.7 Å². The fraction of sp³-hybridized carbons (Fsp3) is 0.600. The van der Waals surface area contributed by atoms with Crippen LogP contribution in [-0.2, 0) is 16.0 Å². The first kappa shape index (κ1) is 14.1. The first-order chi connectivity index (χ1) is 8.58. The van der Waals surface area contributed by atoms with Crippen LogP contribution in [0, 0.1) is 0 Å². The molecule has 0 spiro atoms. The molecular weight excluding hydrogens is 240 g/mol. The lowest BCUT2D eigenvalue weighted by Crippen LogP contribution is -2.38. The average molecular weight is 256 g/mol. The van der Waals surface area contributed by atoms with Crippen LogP contribution in [0.15, 0.2) is 0 Å². The number of hydrogen-bond donors (Lipinski definition) is 3. The van der Waals surface area contributed by atoms with Crippen LogP contribution in [0.25, 0.3) is 0 Å². The molecule has 18 heavy (non-hydrogen) atoms. The van der Waals surface area contributed by atoms with Crippen molar-refractivity contribution in [1.82, 2.24) is 20.5 Å².